The van der Waals surface area contributed by atoms with Gasteiger partial charge in [0, 0.05) is 18.8 Å². The maximum absolute atomic E-state index is 5.76. The molecule has 104 valence electrons. The summed E-state index contributed by atoms with van der Waals surface area (Å²) in [7, 11) is 4.20. The summed E-state index contributed by atoms with van der Waals surface area (Å²) in [4.78, 5) is 14.6. The van der Waals surface area contributed by atoms with Crippen LogP contribution < -0.4 is 5.73 Å². The lowest BCUT2D eigenvalue weighted by atomic mass is 10.4. The number of rotatable bonds is 7. The van der Waals surface area contributed by atoms with Crippen molar-refractivity contribution < 1.29 is 0 Å². The van der Waals surface area contributed by atoms with Gasteiger partial charge < -0.3 is 15.2 Å². The Hall–Kier alpha value is -1.34. The van der Waals surface area contributed by atoms with Crippen LogP contribution in [0.1, 0.15) is 6.42 Å². The molecule has 2 aromatic rings. The van der Waals surface area contributed by atoms with Gasteiger partial charge in [0.05, 0.1) is 6.33 Å². The second kappa shape index (κ2) is 6.72. The molecule has 7 heteroatoms. The van der Waals surface area contributed by atoms with Crippen molar-refractivity contribution in [3.05, 3.63) is 12.7 Å². The molecule has 0 aliphatic heterocycles. The normalized spacial score (nSPS) is 11.5. The fourth-order valence-corrected chi connectivity index (χ4v) is 2.78. The van der Waals surface area contributed by atoms with E-state index in [0.29, 0.717) is 11.3 Å². The van der Waals surface area contributed by atoms with E-state index in [1.165, 1.54) is 12.1 Å². The average molecular weight is 280 g/mol. The Kier molecular flexibility index (Phi) is 4.98. The van der Waals surface area contributed by atoms with Gasteiger partial charge in [-0.1, -0.05) is 0 Å². The molecule has 19 heavy (non-hydrogen) atoms. The van der Waals surface area contributed by atoms with E-state index in [-0.39, 0.29) is 0 Å². The molecule has 0 fully saturated rings. The van der Waals surface area contributed by atoms with Crippen LogP contribution in [0.4, 0.5) is 5.82 Å². The van der Waals surface area contributed by atoms with Crippen molar-refractivity contribution in [2.75, 3.05) is 37.9 Å². The van der Waals surface area contributed by atoms with Gasteiger partial charge in [-0.15, -0.1) is 0 Å². The van der Waals surface area contributed by atoms with Gasteiger partial charge in [0.1, 0.15) is 11.8 Å². The molecule has 0 unspecified atom stereocenters. The molecule has 2 rings (SSSR count). The molecule has 0 bridgehead atoms. The van der Waals surface area contributed by atoms with Crippen molar-refractivity contribution in [3.8, 4) is 0 Å². The minimum atomic E-state index is 0.448. The highest BCUT2D eigenvalue weighted by Crippen LogP contribution is 2.15. The van der Waals surface area contributed by atoms with Crippen LogP contribution in [0, 0.1) is 0 Å². The molecule has 2 aromatic heterocycles. The summed E-state index contributed by atoms with van der Waals surface area (Å²) in [6, 6.07) is 0. The van der Waals surface area contributed by atoms with Gasteiger partial charge >= 0.3 is 0 Å². The Bertz CT molecular complexity index is 524. The van der Waals surface area contributed by atoms with Crippen molar-refractivity contribution >= 4 is 28.7 Å². The lowest BCUT2D eigenvalue weighted by Gasteiger charge is -2.08. The Morgan fingerprint density at radius 1 is 1.26 bits per heavy atom. The Morgan fingerprint density at radius 2 is 2.11 bits per heavy atom. The molecule has 2 heterocycles. The lowest BCUT2D eigenvalue weighted by Crippen LogP contribution is -2.15. The summed E-state index contributed by atoms with van der Waals surface area (Å²) in [5, 5.41) is 0. The number of anilines is 1. The number of aromatic nitrogens is 4. The summed E-state index contributed by atoms with van der Waals surface area (Å²) in [5.41, 5.74) is 7.28. The highest BCUT2D eigenvalue weighted by atomic mass is 32.2. The summed E-state index contributed by atoms with van der Waals surface area (Å²) in [6.45, 7) is 2.05. The first-order chi connectivity index (χ1) is 9.18. The van der Waals surface area contributed by atoms with Crippen LogP contribution in [-0.2, 0) is 6.54 Å². The molecule has 0 amide bonds. The van der Waals surface area contributed by atoms with Crippen molar-refractivity contribution in [1.82, 2.24) is 24.4 Å². The van der Waals surface area contributed by atoms with Gasteiger partial charge in [-0.2, -0.15) is 11.8 Å². The number of aryl methyl sites for hydroxylation is 1. The van der Waals surface area contributed by atoms with Gasteiger partial charge in [0.2, 0.25) is 0 Å². The lowest BCUT2D eigenvalue weighted by molar-refractivity contribution is 0.437. The van der Waals surface area contributed by atoms with Crippen LogP contribution in [-0.4, -0.2) is 56.6 Å². The summed E-state index contributed by atoms with van der Waals surface area (Å²) < 4.78 is 2.04. The van der Waals surface area contributed by atoms with E-state index in [2.05, 4.69) is 33.9 Å². The number of hydrogen-bond acceptors (Lipinski definition) is 6. The Labute approximate surface area is 117 Å². The van der Waals surface area contributed by atoms with Crippen LogP contribution in [0.15, 0.2) is 12.7 Å². The Balaban J connectivity index is 1.81. The first-order valence-electron chi connectivity index (χ1n) is 6.32. The Morgan fingerprint density at radius 3 is 2.89 bits per heavy atom. The second-order valence-electron chi connectivity index (χ2n) is 4.64. The number of nitrogens with two attached hydrogens (primary N) is 1. The van der Waals surface area contributed by atoms with E-state index in [4.69, 9.17) is 5.73 Å². The average Bonchev–Trinajstić information content (AvgIpc) is 2.78. The quantitative estimate of drug-likeness (QED) is 0.766. The van der Waals surface area contributed by atoms with Gasteiger partial charge in [-0.25, -0.2) is 15.0 Å². The SMILES string of the molecule is CN(C)CCSCCCn1cnc2c(N)ncnc21. The number of nitrogens with zero attached hydrogens (tertiary/aromatic N) is 5. The minimum absolute atomic E-state index is 0.448. The highest BCUT2D eigenvalue weighted by Gasteiger charge is 2.06. The predicted octanol–water partition coefficient (Wildman–Crippen LogP) is 1.09. The van der Waals surface area contributed by atoms with Crippen LogP contribution >= 0.6 is 11.8 Å². The van der Waals surface area contributed by atoms with Gasteiger partial charge in [0.25, 0.3) is 0 Å². The monoisotopic (exact) mass is 280 g/mol. The smallest absolute Gasteiger partial charge is 0.165 e. The standard InChI is InChI=1S/C12H20N6S/c1-17(2)5-7-19-6-3-4-18-9-16-10-11(13)14-8-15-12(10)18/h8-9H,3-7H2,1-2H3,(H2,13,14,15). The molecule has 0 atom stereocenters. The molecule has 0 saturated carbocycles. The van der Waals surface area contributed by atoms with E-state index in [9.17, 15) is 0 Å². The summed E-state index contributed by atoms with van der Waals surface area (Å²) in [5.74, 6) is 2.77. The van der Waals surface area contributed by atoms with E-state index in [1.54, 1.807) is 6.33 Å². The first-order valence-corrected chi connectivity index (χ1v) is 7.47. The fourth-order valence-electron chi connectivity index (χ4n) is 1.75. The van der Waals surface area contributed by atoms with Crippen LogP contribution in [0.25, 0.3) is 11.2 Å². The number of nitrogen functional groups attached to an aromatic ring is 1. The number of imidazole rings is 1. The number of hydrogen-bond donors (Lipinski definition) is 1. The van der Waals surface area contributed by atoms with Crippen molar-refractivity contribution in [2.45, 2.75) is 13.0 Å². The first kappa shape index (κ1) is 14.1. The van der Waals surface area contributed by atoms with Crippen molar-refractivity contribution in [2.24, 2.45) is 0 Å². The molecular weight excluding hydrogens is 260 g/mol. The van der Waals surface area contributed by atoms with E-state index in [1.807, 2.05) is 16.3 Å². The molecule has 6 nitrogen and oxygen atoms in total. The molecular formula is C12H20N6S. The topological polar surface area (TPSA) is 72.9 Å². The fraction of sp³-hybridized carbons (Fsp3) is 0.583. The third-order valence-corrected chi connectivity index (χ3v) is 3.85. The van der Waals surface area contributed by atoms with E-state index >= 15 is 0 Å². The van der Waals surface area contributed by atoms with Crippen molar-refractivity contribution in [1.29, 1.82) is 0 Å². The molecule has 0 radical (unpaired) electrons. The molecule has 0 aliphatic rings. The van der Waals surface area contributed by atoms with Crippen LogP contribution in [0.3, 0.4) is 0 Å². The highest BCUT2D eigenvalue weighted by molar-refractivity contribution is 7.99. The molecule has 0 aliphatic carbocycles. The predicted molar refractivity (Wildman–Crippen MR) is 80.2 cm³/mol. The zero-order valence-corrected chi connectivity index (χ0v) is 12.2. The largest absolute Gasteiger partial charge is 0.382 e. The van der Waals surface area contributed by atoms with Gasteiger partial charge in [-0.3, -0.25) is 0 Å². The van der Waals surface area contributed by atoms with Gasteiger partial charge in [-0.05, 0) is 26.3 Å². The minimum Gasteiger partial charge on any atom is -0.382 e. The zero-order chi connectivity index (χ0) is 13.7. The van der Waals surface area contributed by atoms with E-state index in [0.717, 1.165) is 30.9 Å². The third-order valence-electron chi connectivity index (χ3n) is 2.80. The number of fused-ring (bicyclic) bond motifs is 1. The van der Waals surface area contributed by atoms with Crippen molar-refractivity contribution in [3.63, 3.8) is 0 Å². The maximum atomic E-state index is 5.76. The second-order valence-corrected chi connectivity index (χ2v) is 5.86. The maximum Gasteiger partial charge on any atom is 0.165 e. The van der Waals surface area contributed by atoms with E-state index < -0.39 is 0 Å². The summed E-state index contributed by atoms with van der Waals surface area (Å²) >= 11 is 1.98. The zero-order valence-electron chi connectivity index (χ0n) is 11.4. The molecule has 0 aromatic carbocycles. The third kappa shape index (κ3) is 3.81. The molecule has 0 saturated heterocycles. The van der Waals surface area contributed by atoms with Crippen LogP contribution in [0.5, 0.6) is 0 Å². The van der Waals surface area contributed by atoms with Crippen LogP contribution in [0.2, 0.25) is 0 Å². The number of thioether (sulfide) groups is 1. The molecule has 0 spiro atoms. The summed E-state index contributed by atoms with van der Waals surface area (Å²) in [6.07, 6.45) is 4.38. The van der Waals surface area contributed by atoms with Gasteiger partial charge in [0.15, 0.2) is 11.5 Å². The molecule has 2 N–H and O–H groups in total.